The zero-order valence-corrected chi connectivity index (χ0v) is 15.4. The minimum absolute atomic E-state index is 0.471. The van der Waals surface area contributed by atoms with Gasteiger partial charge in [-0.25, -0.2) is 4.98 Å². The van der Waals surface area contributed by atoms with Crippen LogP contribution in [-0.4, -0.2) is 32.4 Å². The van der Waals surface area contributed by atoms with Crippen molar-refractivity contribution in [3.8, 4) is 11.3 Å². The molecule has 0 spiro atoms. The number of pyridine rings is 1. The van der Waals surface area contributed by atoms with E-state index in [0.717, 1.165) is 33.7 Å². The quantitative estimate of drug-likeness (QED) is 0.682. The van der Waals surface area contributed by atoms with E-state index in [1.165, 1.54) is 13.0 Å². The topological polar surface area (TPSA) is 83.7 Å². The van der Waals surface area contributed by atoms with Crippen LogP contribution in [-0.2, 0) is 9.59 Å². The fraction of sp³-hybridized carbons (Fsp3) is 0.190. The highest BCUT2D eigenvalue weighted by atomic mass is 16.4. The molecule has 2 aromatic heterocycles. The molecule has 1 amide bonds. The Bertz CT molecular complexity index is 1030. The molecule has 6 heteroatoms. The van der Waals surface area contributed by atoms with E-state index in [1.807, 2.05) is 60.8 Å². The van der Waals surface area contributed by atoms with Crippen LogP contribution in [0.3, 0.4) is 0 Å². The van der Waals surface area contributed by atoms with Gasteiger partial charge in [0, 0.05) is 17.8 Å². The van der Waals surface area contributed by atoms with Gasteiger partial charge in [-0.1, -0.05) is 29.8 Å². The minimum Gasteiger partial charge on any atom is -0.480 e. The van der Waals surface area contributed by atoms with Crippen molar-refractivity contribution in [2.24, 2.45) is 0 Å². The smallest absolute Gasteiger partial charge is 0.325 e. The number of aryl methyl sites for hydroxylation is 2. The molecule has 0 aliphatic rings. The first-order valence-electron chi connectivity index (χ1n) is 8.62. The van der Waals surface area contributed by atoms with Crippen LogP contribution in [0.2, 0.25) is 0 Å². The van der Waals surface area contributed by atoms with E-state index in [0.29, 0.717) is 0 Å². The summed E-state index contributed by atoms with van der Waals surface area (Å²) in [5, 5.41) is 11.3. The van der Waals surface area contributed by atoms with Gasteiger partial charge in [0.1, 0.15) is 11.7 Å². The number of imidazole rings is 1. The zero-order chi connectivity index (χ0) is 19.6. The maximum absolute atomic E-state index is 12.0. The SMILES string of the molecule is Cc1ccc(-c2nc3cc(C)ccn3c2/C=C/C(=O)NC(C)C(=O)O)cc1. The second-order valence-electron chi connectivity index (χ2n) is 6.55. The number of aliphatic carboxylic acids is 1. The van der Waals surface area contributed by atoms with E-state index in [-0.39, 0.29) is 0 Å². The predicted octanol–water partition coefficient (Wildman–Crippen LogP) is 3.22. The van der Waals surface area contributed by atoms with Crippen molar-refractivity contribution < 1.29 is 14.7 Å². The lowest BCUT2D eigenvalue weighted by molar-refractivity contribution is -0.140. The Morgan fingerprint density at radius 1 is 1.15 bits per heavy atom. The molecule has 0 aliphatic heterocycles. The van der Waals surface area contributed by atoms with Crippen LogP contribution in [0.5, 0.6) is 0 Å². The van der Waals surface area contributed by atoms with Crippen LogP contribution < -0.4 is 5.32 Å². The summed E-state index contributed by atoms with van der Waals surface area (Å²) in [6.07, 6.45) is 4.90. The Morgan fingerprint density at radius 2 is 1.85 bits per heavy atom. The minimum atomic E-state index is -1.08. The molecule has 0 saturated carbocycles. The van der Waals surface area contributed by atoms with Crippen LogP contribution in [0.15, 0.2) is 48.7 Å². The van der Waals surface area contributed by atoms with Crippen molar-refractivity contribution in [2.45, 2.75) is 26.8 Å². The third-order valence-electron chi connectivity index (χ3n) is 4.27. The van der Waals surface area contributed by atoms with Crippen molar-refractivity contribution in [3.63, 3.8) is 0 Å². The molecular weight excluding hydrogens is 342 g/mol. The predicted molar refractivity (Wildman–Crippen MR) is 104 cm³/mol. The van der Waals surface area contributed by atoms with Crippen LogP contribution >= 0.6 is 0 Å². The number of benzene rings is 1. The molecule has 1 atom stereocenters. The normalized spacial score (nSPS) is 12.4. The van der Waals surface area contributed by atoms with Crippen molar-refractivity contribution in [3.05, 3.63) is 65.5 Å². The largest absolute Gasteiger partial charge is 0.480 e. The van der Waals surface area contributed by atoms with E-state index in [9.17, 15) is 9.59 Å². The number of rotatable bonds is 5. The molecular formula is C21H21N3O3. The fourth-order valence-electron chi connectivity index (χ4n) is 2.73. The molecule has 0 radical (unpaired) electrons. The number of aromatic nitrogens is 2. The molecule has 1 unspecified atom stereocenters. The number of nitrogens with zero attached hydrogens (tertiary/aromatic N) is 2. The van der Waals surface area contributed by atoms with Gasteiger partial charge in [0.25, 0.3) is 0 Å². The van der Waals surface area contributed by atoms with Crippen molar-refractivity contribution in [1.82, 2.24) is 14.7 Å². The monoisotopic (exact) mass is 363 g/mol. The molecule has 138 valence electrons. The third-order valence-corrected chi connectivity index (χ3v) is 4.27. The third kappa shape index (κ3) is 4.06. The van der Waals surface area contributed by atoms with Crippen molar-refractivity contribution in [2.75, 3.05) is 0 Å². The lowest BCUT2D eigenvalue weighted by atomic mass is 10.1. The molecule has 3 rings (SSSR count). The number of amides is 1. The number of nitrogens with one attached hydrogen (secondary N) is 1. The zero-order valence-electron chi connectivity index (χ0n) is 15.4. The van der Waals surface area contributed by atoms with Gasteiger partial charge in [0.2, 0.25) is 5.91 Å². The number of carboxylic acid groups (broad SMARTS) is 1. The standard InChI is InChI=1S/C21H21N3O3/c1-13-4-6-16(7-5-13)20-17(8-9-19(25)22-15(3)21(26)27)24-11-10-14(2)12-18(24)23-20/h4-12,15H,1-3H3,(H,22,25)(H,26,27)/b9-8+. The van der Waals surface area contributed by atoms with E-state index in [2.05, 4.69) is 5.32 Å². The first kappa shape index (κ1) is 18.4. The Balaban J connectivity index is 2.03. The Kier molecular flexibility index (Phi) is 5.07. The van der Waals surface area contributed by atoms with Gasteiger partial charge in [0.15, 0.2) is 0 Å². The number of hydrogen-bond donors (Lipinski definition) is 2. The molecule has 1 aromatic carbocycles. The summed E-state index contributed by atoms with van der Waals surface area (Å²) in [5.41, 5.74) is 5.48. The van der Waals surface area contributed by atoms with Crippen LogP contribution in [0.1, 0.15) is 23.7 Å². The van der Waals surface area contributed by atoms with Crippen LogP contribution in [0, 0.1) is 13.8 Å². The van der Waals surface area contributed by atoms with E-state index in [4.69, 9.17) is 10.1 Å². The molecule has 6 nitrogen and oxygen atoms in total. The van der Waals surface area contributed by atoms with Gasteiger partial charge in [-0.05, 0) is 44.5 Å². The Labute approximate surface area is 157 Å². The molecule has 2 N–H and O–H groups in total. The molecule has 0 bridgehead atoms. The van der Waals surface area contributed by atoms with Gasteiger partial charge in [-0.3, -0.25) is 14.0 Å². The van der Waals surface area contributed by atoms with E-state index < -0.39 is 17.9 Å². The lowest BCUT2D eigenvalue weighted by Crippen LogP contribution is -2.37. The summed E-state index contributed by atoms with van der Waals surface area (Å²) in [6, 6.07) is 11.0. The van der Waals surface area contributed by atoms with Gasteiger partial charge in [-0.2, -0.15) is 0 Å². The Morgan fingerprint density at radius 3 is 2.52 bits per heavy atom. The molecule has 0 fully saturated rings. The molecule has 0 aliphatic carbocycles. The molecule has 2 heterocycles. The van der Waals surface area contributed by atoms with E-state index in [1.54, 1.807) is 6.08 Å². The number of carbonyl (C=O) groups is 2. The van der Waals surface area contributed by atoms with Crippen molar-refractivity contribution in [1.29, 1.82) is 0 Å². The van der Waals surface area contributed by atoms with Crippen LogP contribution in [0.25, 0.3) is 23.0 Å². The first-order valence-corrected chi connectivity index (χ1v) is 8.62. The summed E-state index contributed by atoms with van der Waals surface area (Å²) in [4.78, 5) is 27.7. The second-order valence-corrected chi connectivity index (χ2v) is 6.55. The van der Waals surface area contributed by atoms with Gasteiger partial charge in [-0.15, -0.1) is 0 Å². The summed E-state index contributed by atoms with van der Waals surface area (Å²) >= 11 is 0. The van der Waals surface area contributed by atoms with Gasteiger partial charge >= 0.3 is 5.97 Å². The maximum Gasteiger partial charge on any atom is 0.325 e. The number of carboxylic acids is 1. The Hall–Kier alpha value is -3.41. The summed E-state index contributed by atoms with van der Waals surface area (Å²) in [6.45, 7) is 5.44. The first-order chi connectivity index (χ1) is 12.8. The highest BCUT2D eigenvalue weighted by Gasteiger charge is 2.14. The summed E-state index contributed by atoms with van der Waals surface area (Å²) in [5.74, 6) is -1.55. The average molecular weight is 363 g/mol. The lowest BCUT2D eigenvalue weighted by Gasteiger charge is -2.06. The van der Waals surface area contributed by atoms with Crippen LogP contribution in [0.4, 0.5) is 0 Å². The van der Waals surface area contributed by atoms with Gasteiger partial charge < -0.3 is 10.4 Å². The molecule has 0 saturated heterocycles. The van der Waals surface area contributed by atoms with Gasteiger partial charge in [0.05, 0.1) is 11.4 Å². The highest BCUT2D eigenvalue weighted by Crippen LogP contribution is 2.26. The molecule has 27 heavy (non-hydrogen) atoms. The second kappa shape index (κ2) is 7.45. The van der Waals surface area contributed by atoms with Crippen molar-refractivity contribution >= 4 is 23.6 Å². The maximum atomic E-state index is 12.0. The number of carbonyl (C=O) groups excluding carboxylic acids is 1. The fourth-order valence-corrected chi connectivity index (χ4v) is 2.73. The summed E-state index contributed by atoms with van der Waals surface area (Å²) in [7, 11) is 0. The highest BCUT2D eigenvalue weighted by molar-refractivity contribution is 5.95. The molecule has 3 aromatic rings. The van der Waals surface area contributed by atoms with E-state index >= 15 is 0 Å². The average Bonchev–Trinajstić information content (AvgIpc) is 2.98. The summed E-state index contributed by atoms with van der Waals surface area (Å²) < 4.78 is 1.91. The number of hydrogen-bond acceptors (Lipinski definition) is 3. The number of fused-ring (bicyclic) bond motifs is 1.